The Bertz CT molecular complexity index is 2720. The smallest absolute Gasteiger partial charge is 0.407 e. The maximum Gasteiger partial charge on any atom is 0.407 e. The van der Waals surface area contributed by atoms with Gasteiger partial charge >= 0.3 is 18.0 Å². The number of aliphatic hydroxyl groups excluding tert-OH is 4. The average Bonchev–Trinajstić information content (AvgIpc) is 1.74. The molecule has 0 aromatic rings. The number of aliphatic hydroxyl groups is 4. The fourth-order valence-electron chi connectivity index (χ4n) is 15.5. The first-order valence-corrected chi connectivity index (χ1v) is 29.9. The number of methoxy groups -OCH3 is 1. The van der Waals surface area contributed by atoms with Gasteiger partial charge in [-0.05, 0) is 95.8 Å². The minimum absolute atomic E-state index is 0.0000144. The number of fused-ring (bicyclic) bond motifs is 4. The van der Waals surface area contributed by atoms with Crippen LogP contribution in [0.25, 0.3) is 0 Å². The lowest BCUT2D eigenvalue weighted by Gasteiger charge is -2.56. The minimum atomic E-state index is -2.19. The van der Waals surface area contributed by atoms with E-state index in [0.717, 1.165) is 7.11 Å². The van der Waals surface area contributed by atoms with E-state index in [2.05, 4.69) is 25.2 Å². The molecule has 6 fully saturated rings. The maximum absolute atomic E-state index is 15.5. The fourth-order valence-corrected chi connectivity index (χ4v) is 15.5. The van der Waals surface area contributed by atoms with Crippen molar-refractivity contribution < 1.29 is 101 Å². The van der Waals surface area contributed by atoms with Gasteiger partial charge < -0.3 is 77.8 Å². The first kappa shape index (κ1) is 64.5. The molecule has 4 aliphatic carbocycles. The third kappa shape index (κ3) is 12.3. The molecular formula is C61H86N2O22. The number of ether oxygens (including phenoxy) is 11. The lowest BCUT2D eigenvalue weighted by molar-refractivity contribution is -0.584. The molecule has 5 heterocycles. The van der Waals surface area contributed by atoms with E-state index >= 15 is 4.79 Å². The van der Waals surface area contributed by atoms with Gasteiger partial charge in [-0.25, -0.2) is 9.59 Å². The zero-order valence-corrected chi connectivity index (χ0v) is 50.5. The van der Waals surface area contributed by atoms with E-state index in [1.54, 1.807) is 33.8 Å². The molecule has 85 heavy (non-hydrogen) atoms. The zero-order valence-electron chi connectivity index (χ0n) is 50.5. The van der Waals surface area contributed by atoms with Gasteiger partial charge in [0.05, 0.1) is 74.4 Å². The first-order chi connectivity index (χ1) is 40.0. The molecular weight excluding hydrogens is 1110 g/mol. The molecule has 24 heteroatoms. The topological polar surface area (TPSA) is 323 Å². The normalized spacial score (nSPS) is 47.8. The number of carbonyl (C=O) groups is 5. The van der Waals surface area contributed by atoms with Crippen LogP contribution >= 0.6 is 0 Å². The van der Waals surface area contributed by atoms with Crippen LogP contribution in [-0.2, 0) is 71.3 Å². The lowest BCUT2D eigenvalue weighted by Crippen LogP contribution is -2.65. The van der Waals surface area contributed by atoms with E-state index in [1.165, 1.54) is 19.9 Å². The second-order valence-electron chi connectivity index (χ2n) is 25.7. The lowest BCUT2D eigenvalue weighted by atomic mass is 9.49. The SMILES string of the molecule is COC(=O)N[C@H]1[C@@H](C)O[C@@H](O[C@H]2C/C=C(\C)[C@@H]3C=C[C@@H]4[C@@H](O[C@H]5C[C@@H](O[C@H]6CC[C@@H](O[C@@H]7C[C@@H](O)[C@@H](O)[C@H](C)O7)[C@H](C)O6)[C@@H](OC(C)=O)[C@H](C)O5)[C@@H](C)C[C@H](C)[C@H]4[C@]3(C)/C(O)=C3\C(=O)O[C@]4(CC(C=O)=C[C@H](O)[C@H]4/C=C/2C)C3=O)C[C@]1(C)[N+](=O)[O-]. The molecule has 24 nitrogen and oxygen atoms in total. The third-order valence-corrected chi connectivity index (χ3v) is 19.8. The highest BCUT2D eigenvalue weighted by atomic mass is 16.7. The minimum Gasteiger partial charge on any atom is -0.511 e. The number of alkyl carbamates (subject to hydrolysis) is 1. The second kappa shape index (κ2) is 25.2. The number of nitrogens with zero attached hydrogens (tertiary/aromatic N) is 1. The van der Waals surface area contributed by atoms with Crippen molar-refractivity contribution in [3.8, 4) is 0 Å². The van der Waals surface area contributed by atoms with Crippen molar-refractivity contribution >= 4 is 30.1 Å². The monoisotopic (exact) mass is 1200 g/mol. The molecule has 9 rings (SSSR count). The van der Waals surface area contributed by atoms with Crippen LogP contribution in [0.1, 0.15) is 128 Å². The van der Waals surface area contributed by atoms with Crippen molar-refractivity contribution in [3.05, 3.63) is 68.5 Å². The predicted molar refractivity (Wildman–Crippen MR) is 297 cm³/mol. The van der Waals surface area contributed by atoms with E-state index in [9.17, 15) is 49.7 Å². The van der Waals surface area contributed by atoms with Crippen molar-refractivity contribution in [2.75, 3.05) is 7.11 Å². The Morgan fingerprint density at radius 2 is 1.47 bits per heavy atom. The maximum atomic E-state index is 15.5. The Labute approximate surface area is 495 Å². The largest absolute Gasteiger partial charge is 0.511 e. The number of Topliss-reactive ketones (excluding diaryl/α,β-unsaturated/α-hetero) is 1. The number of ketones is 1. The van der Waals surface area contributed by atoms with Crippen LogP contribution < -0.4 is 5.32 Å². The van der Waals surface area contributed by atoms with Crippen LogP contribution in [0.3, 0.4) is 0 Å². The average molecular weight is 1200 g/mol. The summed E-state index contributed by atoms with van der Waals surface area (Å²) in [5.41, 5.74) is -4.88. The number of allylic oxidation sites excluding steroid dienone is 3. The Morgan fingerprint density at radius 1 is 0.800 bits per heavy atom. The highest BCUT2D eigenvalue weighted by Crippen LogP contribution is 2.61. The molecule has 1 amide bonds. The summed E-state index contributed by atoms with van der Waals surface area (Å²) >= 11 is 0. The van der Waals surface area contributed by atoms with E-state index in [-0.39, 0.29) is 43.1 Å². The third-order valence-electron chi connectivity index (χ3n) is 19.8. The van der Waals surface area contributed by atoms with Gasteiger partial charge in [0.1, 0.15) is 35.9 Å². The Kier molecular flexibility index (Phi) is 19.2. The molecule has 5 N–H and O–H groups in total. The molecule has 2 bridgehead atoms. The fraction of sp³-hybridized carbons (Fsp3) is 0.754. The van der Waals surface area contributed by atoms with Gasteiger partial charge in [0.15, 0.2) is 36.9 Å². The van der Waals surface area contributed by atoms with Crippen LogP contribution in [0.5, 0.6) is 0 Å². The molecule has 9 aliphatic rings. The summed E-state index contributed by atoms with van der Waals surface area (Å²) in [5, 5.41) is 61.1. The number of esters is 2. The molecule has 26 atom stereocenters. The molecule has 0 aromatic carbocycles. The molecule has 0 aromatic heterocycles. The van der Waals surface area contributed by atoms with Crippen molar-refractivity contribution in [2.24, 2.45) is 40.9 Å². The van der Waals surface area contributed by atoms with E-state index in [0.29, 0.717) is 36.7 Å². The number of nitro groups is 1. The van der Waals surface area contributed by atoms with Crippen LogP contribution in [0.2, 0.25) is 0 Å². The Balaban J connectivity index is 1.03. The number of nitrogens with one attached hydrogen (secondary N) is 1. The van der Waals surface area contributed by atoms with Gasteiger partial charge in [0, 0.05) is 61.7 Å². The summed E-state index contributed by atoms with van der Waals surface area (Å²) in [4.78, 5) is 80.1. The zero-order chi connectivity index (χ0) is 61.9. The van der Waals surface area contributed by atoms with Crippen LogP contribution in [0, 0.1) is 51.0 Å². The molecule has 1 spiro atoms. The van der Waals surface area contributed by atoms with Gasteiger partial charge in [-0.2, -0.15) is 0 Å². The van der Waals surface area contributed by atoms with Crippen molar-refractivity contribution in [2.45, 2.75) is 243 Å². The molecule has 5 saturated heterocycles. The van der Waals surface area contributed by atoms with Crippen LogP contribution in [0.4, 0.5) is 4.79 Å². The standard InChI is InChI=1S/C61H86N2O22/c1-27-13-16-42(81-48-25-59(10,63(73)74)54(34(8)79-48)62-58(72)75-12)28(2)20-39-40(66)21-36(26-64)24-61(39)56(70)49(57(71)85-61)55(69)60(11)38(27)15-14-37-50(60)29(3)19-30(4)52(37)84-47-23-44(53(33(7)78-47)80-35(9)65)83-45-18-17-43(31(5)76-45)82-46-22-41(67)51(68)32(6)77-46/h13-15,20-21,26,29-34,37-48,50-54,66-69H,16-19,22-25H2,1-12H3,(H,62,72)/b27-13+,28-20+,55-49+/t29-,30-,31-,32-,33-,34+,37-,38-,39+,40-,41+,42-,43+,44+,45-,46+,47-,48-,50+,51-,52-,53-,54-,59-,60+,61-/m0/s1. The summed E-state index contributed by atoms with van der Waals surface area (Å²) in [7, 11) is 1.15. The van der Waals surface area contributed by atoms with Crippen molar-refractivity contribution in [1.82, 2.24) is 5.32 Å². The van der Waals surface area contributed by atoms with E-state index < -0.39 is 191 Å². The van der Waals surface area contributed by atoms with Gasteiger partial charge in [-0.3, -0.25) is 24.5 Å². The second-order valence-corrected chi connectivity index (χ2v) is 25.7. The summed E-state index contributed by atoms with van der Waals surface area (Å²) in [5.74, 6) is -6.40. The Morgan fingerprint density at radius 3 is 2.13 bits per heavy atom. The molecule has 0 radical (unpaired) electrons. The highest BCUT2D eigenvalue weighted by molar-refractivity contribution is 6.26. The molecule has 472 valence electrons. The number of rotatable bonds is 12. The number of aldehydes is 1. The number of carbonyl (C=O) groups excluding carboxylic acids is 5. The van der Waals surface area contributed by atoms with Gasteiger partial charge in [0.25, 0.3) is 0 Å². The van der Waals surface area contributed by atoms with Gasteiger partial charge in [-0.1, -0.05) is 50.6 Å². The molecule has 0 unspecified atom stereocenters. The van der Waals surface area contributed by atoms with Crippen molar-refractivity contribution in [1.29, 1.82) is 0 Å². The highest BCUT2D eigenvalue weighted by Gasteiger charge is 2.65. The number of hydrogen-bond acceptors (Lipinski definition) is 22. The summed E-state index contributed by atoms with van der Waals surface area (Å²) in [6, 6.07) is -1.12. The van der Waals surface area contributed by atoms with E-state index in [1.807, 2.05) is 32.9 Å². The quantitative estimate of drug-likeness (QED) is 0.0308. The van der Waals surface area contributed by atoms with E-state index in [4.69, 9.17) is 52.1 Å². The summed E-state index contributed by atoms with van der Waals surface area (Å²) in [6.07, 6.45) is -4.08. The van der Waals surface area contributed by atoms with Crippen molar-refractivity contribution in [3.63, 3.8) is 0 Å². The Hall–Kier alpha value is -4.99. The summed E-state index contributed by atoms with van der Waals surface area (Å²) in [6.45, 7) is 19.1. The van der Waals surface area contributed by atoms with Gasteiger partial charge in [-0.15, -0.1) is 0 Å². The van der Waals surface area contributed by atoms with Crippen LogP contribution in [0.15, 0.2) is 58.4 Å². The van der Waals surface area contributed by atoms with Crippen LogP contribution in [-0.4, -0.2) is 178 Å². The van der Waals surface area contributed by atoms with Gasteiger partial charge in [0.2, 0.25) is 11.3 Å². The molecule has 1 saturated carbocycles. The predicted octanol–water partition coefficient (Wildman–Crippen LogP) is 5.45. The number of amides is 1. The molecule has 5 aliphatic heterocycles. The first-order valence-electron chi connectivity index (χ1n) is 29.9. The number of hydrogen-bond donors (Lipinski definition) is 5. The summed E-state index contributed by atoms with van der Waals surface area (Å²) < 4.78 is 68.5.